The van der Waals surface area contributed by atoms with Gasteiger partial charge in [0.25, 0.3) is 0 Å². The highest BCUT2D eigenvalue weighted by Crippen LogP contribution is 2.31. The van der Waals surface area contributed by atoms with Crippen molar-refractivity contribution in [2.45, 2.75) is 13.5 Å². The molecule has 3 heterocycles. The van der Waals surface area contributed by atoms with E-state index in [1.165, 1.54) is 21.8 Å². The van der Waals surface area contributed by atoms with E-state index in [0.717, 1.165) is 23.5 Å². The summed E-state index contributed by atoms with van der Waals surface area (Å²) in [5, 5.41) is 10.9. The van der Waals surface area contributed by atoms with Gasteiger partial charge in [-0.25, -0.2) is 4.68 Å². The Balaban J connectivity index is 1.75. The largest absolute Gasteiger partial charge is 0.341 e. The first-order valence-corrected chi connectivity index (χ1v) is 8.69. The summed E-state index contributed by atoms with van der Waals surface area (Å²) in [5.41, 5.74) is 5.49. The molecule has 3 aromatic heterocycles. The lowest BCUT2D eigenvalue weighted by Crippen LogP contribution is -1.99. The summed E-state index contributed by atoms with van der Waals surface area (Å²) in [6.45, 7) is 3.12. The van der Waals surface area contributed by atoms with Gasteiger partial charge in [0.05, 0.1) is 17.6 Å². The van der Waals surface area contributed by atoms with Crippen LogP contribution in [0.3, 0.4) is 0 Å². The zero-order valence-electron chi connectivity index (χ0n) is 14.4. The summed E-state index contributed by atoms with van der Waals surface area (Å²) >= 11 is 0. The van der Waals surface area contributed by atoms with Crippen molar-refractivity contribution >= 4 is 21.8 Å². The predicted octanol–water partition coefficient (Wildman–Crippen LogP) is 4.46. The Kier molecular flexibility index (Phi) is 3.31. The number of benzene rings is 2. The molecule has 0 bridgehead atoms. The number of para-hydroxylation sites is 1. The van der Waals surface area contributed by atoms with Crippen molar-refractivity contribution in [2.24, 2.45) is 0 Å². The fraction of sp³-hybridized carbons (Fsp3) is 0.0952. The maximum atomic E-state index is 4.32. The summed E-state index contributed by atoms with van der Waals surface area (Å²) in [6, 6.07) is 18.9. The maximum Gasteiger partial charge on any atom is 0.0945 e. The van der Waals surface area contributed by atoms with Crippen LogP contribution in [0.1, 0.15) is 6.92 Å². The minimum Gasteiger partial charge on any atom is -0.341 e. The van der Waals surface area contributed by atoms with Crippen LogP contribution in [0.5, 0.6) is 0 Å². The van der Waals surface area contributed by atoms with Gasteiger partial charge in [-0.2, -0.15) is 0 Å². The Labute approximate surface area is 150 Å². The van der Waals surface area contributed by atoms with Crippen LogP contribution in [0.15, 0.2) is 73.2 Å². The third-order valence-electron chi connectivity index (χ3n) is 4.84. The zero-order chi connectivity index (χ0) is 17.5. The van der Waals surface area contributed by atoms with E-state index in [-0.39, 0.29) is 0 Å². The van der Waals surface area contributed by atoms with E-state index in [1.54, 1.807) is 18.6 Å². The Morgan fingerprint density at radius 2 is 1.69 bits per heavy atom. The van der Waals surface area contributed by atoms with Crippen molar-refractivity contribution in [2.75, 3.05) is 0 Å². The summed E-state index contributed by atoms with van der Waals surface area (Å²) in [6.07, 6.45) is 5.35. The van der Waals surface area contributed by atoms with E-state index in [9.17, 15) is 0 Å². The summed E-state index contributed by atoms with van der Waals surface area (Å²) < 4.78 is 4.23. The lowest BCUT2D eigenvalue weighted by Gasteiger charge is -2.07. The highest BCUT2D eigenvalue weighted by atomic mass is 15.4. The number of hydrogen-bond donors (Lipinski definition) is 0. The van der Waals surface area contributed by atoms with Crippen LogP contribution in [0.4, 0.5) is 0 Å². The van der Waals surface area contributed by atoms with Gasteiger partial charge in [0.15, 0.2) is 0 Å². The van der Waals surface area contributed by atoms with E-state index in [0.29, 0.717) is 0 Å². The third kappa shape index (κ3) is 2.14. The lowest BCUT2D eigenvalue weighted by atomic mass is 10.1. The van der Waals surface area contributed by atoms with E-state index < -0.39 is 0 Å². The Bertz CT molecular complexity index is 1220. The van der Waals surface area contributed by atoms with Crippen molar-refractivity contribution in [3.8, 4) is 16.9 Å². The monoisotopic (exact) mass is 339 g/mol. The van der Waals surface area contributed by atoms with Gasteiger partial charge in [-0.15, -0.1) is 5.10 Å². The summed E-state index contributed by atoms with van der Waals surface area (Å²) in [4.78, 5) is 4.09. The topological polar surface area (TPSA) is 48.5 Å². The molecule has 0 aliphatic carbocycles. The second-order valence-electron chi connectivity index (χ2n) is 6.23. The molecule has 0 aliphatic heterocycles. The van der Waals surface area contributed by atoms with Crippen LogP contribution in [0, 0.1) is 0 Å². The SMILES string of the molecule is CCn1c2ccccc2c2cc(-n3nncc3-c3ccncc3)ccc21. The molecule has 0 spiro atoms. The zero-order valence-corrected chi connectivity index (χ0v) is 14.4. The molecule has 0 amide bonds. The molecule has 0 N–H and O–H groups in total. The smallest absolute Gasteiger partial charge is 0.0945 e. The van der Waals surface area contributed by atoms with Crippen LogP contribution in [-0.2, 0) is 6.54 Å². The molecule has 5 nitrogen and oxygen atoms in total. The van der Waals surface area contributed by atoms with Gasteiger partial charge < -0.3 is 4.57 Å². The fourth-order valence-corrected chi connectivity index (χ4v) is 3.66. The van der Waals surface area contributed by atoms with Gasteiger partial charge >= 0.3 is 0 Å². The molecule has 0 saturated heterocycles. The number of fused-ring (bicyclic) bond motifs is 3. The maximum absolute atomic E-state index is 4.32. The predicted molar refractivity (Wildman–Crippen MR) is 103 cm³/mol. The number of rotatable bonds is 3. The molecule has 5 rings (SSSR count). The fourth-order valence-electron chi connectivity index (χ4n) is 3.66. The minimum absolute atomic E-state index is 0.939. The Morgan fingerprint density at radius 1 is 0.885 bits per heavy atom. The number of hydrogen-bond acceptors (Lipinski definition) is 3. The molecule has 0 fully saturated rings. The van der Waals surface area contributed by atoms with Gasteiger partial charge in [0, 0.05) is 46.3 Å². The van der Waals surface area contributed by atoms with Crippen LogP contribution < -0.4 is 0 Å². The van der Waals surface area contributed by atoms with Crippen LogP contribution in [-0.4, -0.2) is 24.5 Å². The normalized spacial score (nSPS) is 11.4. The van der Waals surface area contributed by atoms with Gasteiger partial charge in [-0.3, -0.25) is 4.98 Å². The van der Waals surface area contributed by atoms with Gasteiger partial charge in [0.2, 0.25) is 0 Å². The number of aromatic nitrogens is 5. The number of pyridine rings is 1. The lowest BCUT2D eigenvalue weighted by molar-refractivity contribution is 0.807. The molecule has 5 aromatic rings. The molecule has 26 heavy (non-hydrogen) atoms. The molecule has 5 heteroatoms. The molecule has 2 aromatic carbocycles. The van der Waals surface area contributed by atoms with Crippen molar-refractivity contribution in [1.29, 1.82) is 0 Å². The molecule has 0 aliphatic rings. The molecule has 0 radical (unpaired) electrons. The molecule has 0 saturated carbocycles. The van der Waals surface area contributed by atoms with E-state index in [4.69, 9.17) is 0 Å². The summed E-state index contributed by atoms with van der Waals surface area (Å²) in [7, 11) is 0. The van der Waals surface area contributed by atoms with Gasteiger partial charge in [-0.1, -0.05) is 23.4 Å². The quantitative estimate of drug-likeness (QED) is 0.488. The Hall–Kier alpha value is -3.47. The average Bonchev–Trinajstić information content (AvgIpc) is 3.31. The van der Waals surface area contributed by atoms with E-state index in [2.05, 4.69) is 69.3 Å². The first-order valence-electron chi connectivity index (χ1n) is 8.69. The molecule has 126 valence electrons. The van der Waals surface area contributed by atoms with Crippen LogP contribution in [0.2, 0.25) is 0 Å². The first kappa shape index (κ1) is 14.8. The van der Waals surface area contributed by atoms with E-state index >= 15 is 0 Å². The second kappa shape index (κ2) is 5.81. The van der Waals surface area contributed by atoms with Crippen molar-refractivity contribution < 1.29 is 0 Å². The number of nitrogens with zero attached hydrogens (tertiary/aromatic N) is 5. The number of aryl methyl sites for hydroxylation is 1. The first-order chi connectivity index (χ1) is 12.9. The molecular formula is C21H17N5. The molecule has 0 atom stereocenters. The van der Waals surface area contributed by atoms with Crippen LogP contribution in [0.25, 0.3) is 38.8 Å². The van der Waals surface area contributed by atoms with Crippen molar-refractivity contribution in [1.82, 2.24) is 24.5 Å². The average molecular weight is 339 g/mol. The third-order valence-corrected chi connectivity index (χ3v) is 4.84. The van der Waals surface area contributed by atoms with E-state index in [1.807, 2.05) is 16.8 Å². The molecule has 0 unspecified atom stereocenters. The molecular weight excluding hydrogens is 322 g/mol. The van der Waals surface area contributed by atoms with Crippen LogP contribution >= 0.6 is 0 Å². The second-order valence-corrected chi connectivity index (χ2v) is 6.23. The van der Waals surface area contributed by atoms with Crippen molar-refractivity contribution in [3.05, 3.63) is 73.2 Å². The van der Waals surface area contributed by atoms with Crippen molar-refractivity contribution in [3.63, 3.8) is 0 Å². The standard InChI is InChI=1S/C21H17N5/c1-2-25-19-6-4-3-5-17(19)18-13-16(7-8-20(18)25)26-21(14-23-24-26)15-9-11-22-12-10-15/h3-14H,2H2,1H3. The van der Waals surface area contributed by atoms with Gasteiger partial charge in [-0.05, 0) is 43.3 Å². The minimum atomic E-state index is 0.939. The van der Waals surface area contributed by atoms with Gasteiger partial charge in [0.1, 0.15) is 0 Å². The highest BCUT2D eigenvalue weighted by molar-refractivity contribution is 6.08. The summed E-state index contributed by atoms with van der Waals surface area (Å²) in [5.74, 6) is 0. The highest BCUT2D eigenvalue weighted by Gasteiger charge is 2.13. The Morgan fingerprint density at radius 3 is 2.54 bits per heavy atom.